The fourth-order valence-corrected chi connectivity index (χ4v) is 2.92. The molecular formula is C20H26N4O2. The van der Waals surface area contributed by atoms with Gasteiger partial charge in [0, 0.05) is 30.8 Å². The van der Waals surface area contributed by atoms with Crippen molar-refractivity contribution in [3.63, 3.8) is 0 Å². The molecule has 1 fully saturated rings. The molecular weight excluding hydrogens is 328 g/mol. The highest BCUT2D eigenvalue weighted by atomic mass is 16.4. The maximum Gasteiger partial charge on any atom is 0.328 e. The second kappa shape index (κ2) is 9.10. The summed E-state index contributed by atoms with van der Waals surface area (Å²) in [6.07, 6.45) is 11.6. The third-order valence-corrected chi connectivity index (χ3v) is 4.44. The first kappa shape index (κ1) is 19.6. The van der Waals surface area contributed by atoms with Crippen LogP contribution in [0.2, 0.25) is 0 Å². The van der Waals surface area contributed by atoms with E-state index in [-0.39, 0.29) is 0 Å². The fourth-order valence-electron chi connectivity index (χ4n) is 2.92. The number of allylic oxidation sites excluding steroid dienone is 5. The Bertz CT molecular complexity index is 729. The SMILES string of the molecule is C=C/C(=C\C(=C)/C=C/C(=O)O)c1cncc(N2CCC(N(C)C)CC2)n1. The van der Waals surface area contributed by atoms with Gasteiger partial charge in [-0.25, -0.2) is 9.78 Å². The predicted octanol–water partition coefficient (Wildman–Crippen LogP) is 2.77. The zero-order valence-electron chi connectivity index (χ0n) is 15.4. The zero-order valence-corrected chi connectivity index (χ0v) is 15.4. The first-order valence-electron chi connectivity index (χ1n) is 8.58. The molecule has 0 bridgehead atoms. The van der Waals surface area contributed by atoms with Gasteiger partial charge in [-0.3, -0.25) is 4.98 Å². The minimum Gasteiger partial charge on any atom is -0.478 e. The minimum absolute atomic E-state index is 0.557. The molecule has 0 aromatic carbocycles. The smallest absolute Gasteiger partial charge is 0.328 e. The number of aromatic nitrogens is 2. The van der Waals surface area contributed by atoms with Gasteiger partial charge in [0.05, 0.1) is 18.1 Å². The lowest BCUT2D eigenvalue weighted by Gasteiger charge is -2.35. The van der Waals surface area contributed by atoms with E-state index >= 15 is 0 Å². The largest absolute Gasteiger partial charge is 0.478 e. The number of anilines is 1. The van der Waals surface area contributed by atoms with Gasteiger partial charge in [0.15, 0.2) is 0 Å². The van der Waals surface area contributed by atoms with Gasteiger partial charge in [-0.2, -0.15) is 0 Å². The van der Waals surface area contributed by atoms with E-state index in [9.17, 15) is 4.79 Å². The van der Waals surface area contributed by atoms with E-state index in [0.717, 1.165) is 43.4 Å². The number of aliphatic carboxylic acids is 1. The summed E-state index contributed by atoms with van der Waals surface area (Å²) in [5.74, 6) is -0.165. The lowest BCUT2D eigenvalue weighted by molar-refractivity contribution is -0.131. The number of carboxylic acid groups (broad SMARTS) is 1. The first-order chi connectivity index (χ1) is 12.4. The molecule has 1 aliphatic rings. The second-order valence-electron chi connectivity index (χ2n) is 6.49. The standard InChI is InChI=1S/C20H26N4O2/c1-5-16(12-15(2)6-7-20(25)26)18-13-21-14-19(22-18)24-10-8-17(9-11-24)23(3)4/h5-7,12-14,17H,1-2,8-11H2,3-4H3,(H,25,26)/b7-6+,16-12+. The van der Waals surface area contributed by atoms with Crippen molar-refractivity contribution < 1.29 is 9.90 Å². The van der Waals surface area contributed by atoms with E-state index in [1.54, 1.807) is 24.5 Å². The Balaban J connectivity index is 2.15. The van der Waals surface area contributed by atoms with Crippen molar-refractivity contribution in [3.05, 3.63) is 61.1 Å². The summed E-state index contributed by atoms with van der Waals surface area (Å²) in [5, 5.41) is 8.70. The number of hydrogen-bond acceptors (Lipinski definition) is 5. The van der Waals surface area contributed by atoms with Crippen LogP contribution in [0.15, 0.2) is 55.4 Å². The maximum atomic E-state index is 10.6. The van der Waals surface area contributed by atoms with Crippen LogP contribution >= 0.6 is 0 Å². The molecule has 138 valence electrons. The molecule has 1 aliphatic heterocycles. The topological polar surface area (TPSA) is 69.6 Å². The number of carbonyl (C=O) groups is 1. The van der Waals surface area contributed by atoms with Gasteiger partial charge in [-0.15, -0.1) is 0 Å². The Labute approximate surface area is 154 Å². The quantitative estimate of drug-likeness (QED) is 0.600. The van der Waals surface area contributed by atoms with Crippen LogP contribution < -0.4 is 4.90 Å². The number of rotatable bonds is 7. The van der Waals surface area contributed by atoms with E-state index in [1.165, 1.54) is 6.08 Å². The number of carboxylic acids is 1. The Hall–Kier alpha value is -2.73. The molecule has 1 aromatic rings. The molecule has 0 spiro atoms. The highest BCUT2D eigenvalue weighted by molar-refractivity contribution is 5.81. The van der Waals surface area contributed by atoms with Gasteiger partial charge in [-0.1, -0.05) is 19.2 Å². The van der Waals surface area contributed by atoms with Crippen LogP contribution in [-0.4, -0.2) is 59.2 Å². The van der Waals surface area contributed by atoms with E-state index in [4.69, 9.17) is 10.1 Å². The third kappa shape index (κ3) is 5.39. The second-order valence-corrected chi connectivity index (χ2v) is 6.49. The Morgan fingerprint density at radius 1 is 1.31 bits per heavy atom. The average molecular weight is 354 g/mol. The average Bonchev–Trinajstić information content (AvgIpc) is 2.64. The van der Waals surface area contributed by atoms with Gasteiger partial charge in [0.2, 0.25) is 0 Å². The summed E-state index contributed by atoms with van der Waals surface area (Å²) in [4.78, 5) is 24.2. The summed E-state index contributed by atoms with van der Waals surface area (Å²) >= 11 is 0. The molecule has 2 rings (SSSR count). The van der Waals surface area contributed by atoms with E-state index < -0.39 is 5.97 Å². The monoisotopic (exact) mass is 354 g/mol. The van der Waals surface area contributed by atoms with Crippen molar-refractivity contribution in [3.8, 4) is 0 Å². The van der Waals surface area contributed by atoms with Crippen LogP contribution in [0.1, 0.15) is 18.5 Å². The molecule has 6 nitrogen and oxygen atoms in total. The summed E-state index contributed by atoms with van der Waals surface area (Å²) in [6, 6.07) is 0.607. The molecule has 0 amide bonds. The van der Waals surface area contributed by atoms with Crippen molar-refractivity contribution in [1.29, 1.82) is 0 Å². The van der Waals surface area contributed by atoms with E-state index in [1.807, 2.05) is 0 Å². The van der Waals surface area contributed by atoms with Crippen molar-refractivity contribution in [2.45, 2.75) is 18.9 Å². The van der Waals surface area contributed by atoms with Gasteiger partial charge in [0.1, 0.15) is 5.82 Å². The van der Waals surface area contributed by atoms with Gasteiger partial charge in [0.25, 0.3) is 0 Å². The number of piperidine rings is 1. The van der Waals surface area contributed by atoms with Gasteiger partial charge < -0.3 is 14.9 Å². The molecule has 0 aliphatic carbocycles. The van der Waals surface area contributed by atoms with E-state index in [2.05, 4.69) is 42.0 Å². The molecule has 26 heavy (non-hydrogen) atoms. The first-order valence-corrected chi connectivity index (χ1v) is 8.58. The molecule has 0 atom stereocenters. The van der Waals surface area contributed by atoms with E-state index in [0.29, 0.717) is 17.3 Å². The summed E-state index contributed by atoms with van der Waals surface area (Å²) < 4.78 is 0. The van der Waals surface area contributed by atoms with Crippen molar-refractivity contribution in [1.82, 2.24) is 14.9 Å². The molecule has 0 radical (unpaired) electrons. The minimum atomic E-state index is -1.01. The third-order valence-electron chi connectivity index (χ3n) is 4.44. The van der Waals surface area contributed by atoms with Crippen LogP contribution in [0.25, 0.3) is 5.57 Å². The Kier molecular flexibility index (Phi) is 6.86. The zero-order chi connectivity index (χ0) is 19.1. The van der Waals surface area contributed by atoms with Crippen LogP contribution in [0.4, 0.5) is 5.82 Å². The normalized spacial score (nSPS) is 16.3. The maximum absolute atomic E-state index is 10.6. The molecule has 1 N–H and O–H groups in total. The van der Waals surface area contributed by atoms with Gasteiger partial charge >= 0.3 is 5.97 Å². The Morgan fingerprint density at radius 2 is 2.00 bits per heavy atom. The highest BCUT2D eigenvalue weighted by Crippen LogP contribution is 2.22. The van der Waals surface area contributed by atoms with Crippen LogP contribution in [0.3, 0.4) is 0 Å². The van der Waals surface area contributed by atoms with Gasteiger partial charge in [-0.05, 0) is 44.7 Å². The molecule has 0 saturated carbocycles. The fraction of sp³-hybridized carbons (Fsp3) is 0.350. The predicted molar refractivity (Wildman–Crippen MR) is 105 cm³/mol. The molecule has 1 saturated heterocycles. The summed E-state index contributed by atoms with van der Waals surface area (Å²) in [5.41, 5.74) is 2.00. The lowest BCUT2D eigenvalue weighted by Crippen LogP contribution is -2.42. The molecule has 1 aromatic heterocycles. The molecule has 0 unspecified atom stereocenters. The van der Waals surface area contributed by atoms with Crippen molar-refractivity contribution in [2.75, 3.05) is 32.1 Å². The van der Waals surface area contributed by atoms with Crippen molar-refractivity contribution >= 4 is 17.4 Å². The summed E-state index contributed by atoms with van der Waals surface area (Å²) in [6.45, 7) is 9.55. The van der Waals surface area contributed by atoms with Crippen molar-refractivity contribution in [2.24, 2.45) is 0 Å². The molecule has 2 heterocycles. The lowest BCUT2D eigenvalue weighted by atomic mass is 10.0. The van der Waals surface area contributed by atoms with Crippen LogP contribution in [-0.2, 0) is 4.79 Å². The van der Waals surface area contributed by atoms with Crippen LogP contribution in [0.5, 0.6) is 0 Å². The van der Waals surface area contributed by atoms with Crippen LogP contribution in [0, 0.1) is 0 Å². The highest BCUT2D eigenvalue weighted by Gasteiger charge is 2.21. The molecule has 6 heteroatoms. The number of nitrogens with zero attached hydrogens (tertiary/aromatic N) is 4. The number of hydrogen-bond donors (Lipinski definition) is 1. The Morgan fingerprint density at radius 3 is 2.58 bits per heavy atom. The summed E-state index contributed by atoms with van der Waals surface area (Å²) in [7, 11) is 4.24.